The smallest absolute Gasteiger partial charge is 0.288 e. The van der Waals surface area contributed by atoms with Crippen molar-refractivity contribution in [2.45, 2.75) is 26.2 Å². The van der Waals surface area contributed by atoms with Crippen LogP contribution in [0.1, 0.15) is 35.6 Å². The van der Waals surface area contributed by atoms with Crippen LogP contribution in [0.5, 0.6) is 0 Å². The molecule has 0 saturated carbocycles. The summed E-state index contributed by atoms with van der Waals surface area (Å²) in [5.74, 6) is -0.00160. The number of nitrogens with one attached hydrogen (secondary N) is 2. The summed E-state index contributed by atoms with van der Waals surface area (Å²) in [7, 11) is 0. The number of nitrogens with zero attached hydrogens (tertiary/aromatic N) is 2. The van der Waals surface area contributed by atoms with Crippen molar-refractivity contribution < 1.29 is 4.79 Å². The molecule has 0 fully saturated rings. The molecule has 0 atom stereocenters. The second kappa shape index (κ2) is 5.22. The van der Waals surface area contributed by atoms with Gasteiger partial charge in [0.2, 0.25) is 5.82 Å². The summed E-state index contributed by atoms with van der Waals surface area (Å²) < 4.78 is 0. The van der Waals surface area contributed by atoms with Gasteiger partial charge in [0.15, 0.2) is 0 Å². The molecule has 0 bridgehead atoms. The van der Waals surface area contributed by atoms with Crippen molar-refractivity contribution in [3.05, 3.63) is 47.5 Å². The van der Waals surface area contributed by atoms with Crippen molar-refractivity contribution in [2.75, 3.05) is 6.54 Å². The average molecular weight is 258 g/mol. The van der Waals surface area contributed by atoms with E-state index in [0.29, 0.717) is 6.54 Å². The molecule has 0 radical (unpaired) electrons. The molecule has 2 aromatic rings. The molecule has 19 heavy (non-hydrogen) atoms. The lowest BCUT2D eigenvalue weighted by molar-refractivity contribution is 0.0935. The highest BCUT2D eigenvalue weighted by Crippen LogP contribution is 2.23. The molecule has 0 spiro atoms. The van der Waals surface area contributed by atoms with E-state index in [9.17, 15) is 4.79 Å². The number of benzene rings is 1. The Morgan fingerprint density at radius 3 is 2.84 bits per heavy atom. The molecule has 1 aromatic carbocycles. The number of carbonyl (C=O) groups excluding carboxylic acids is 1. The van der Waals surface area contributed by atoms with Gasteiger partial charge in [0.05, 0.1) is 0 Å². The molecule has 5 nitrogen and oxygen atoms in total. The van der Waals surface area contributed by atoms with Crippen molar-refractivity contribution >= 4 is 5.91 Å². The molecule has 0 saturated heterocycles. The van der Waals surface area contributed by atoms with Crippen LogP contribution in [0.4, 0.5) is 0 Å². The first-order valence-electron chi connectivity index (χ1n) is 6.20. The molecule has 1 amide bonds. The number of hydrogen-bond donors (Lipinski definition) is 2. The van der Waals surface area contributed by atoms with E-state index >= 15 is 0 Å². The van der Waals surface area contributed by atoms with Crippen LogP contribution in [0.15, 0.2) is 30.6 Å². The average Bonchev–Trinajstić information content (AvgIpc) is 2.90. The molecule has 0 unspecified atom stereocenters. The zero-order valence-electron chi connectivity index (χ0n) is 11.4. The third kappa shape index (κ3) is 3.19. The number of aromatic amines is 1. The summed E-state index contributed by atoms with van der Waals surface area (Å²) in [5.41, 5.74) is 2.28. The van der Waals surface area contributed by atoms with E-state index in [4.69, 9.17) is 0 Å². The van der Waals surface area contributed by atoms with Crippen molar-refractivity contribution in [3.8, 4) is 0 Å². The Kier molecular flexibility index (Phi) is 3.64. The number of H-pyrrole nitrogens is 1. The molecule has 0 aliphatic rings. The van der Waals surface area contributed by atoms with Crippen LogP contribution in [0.3, 0.4) is 0 Å². The van der Waals surface area contributed by atoms with E-state index in [-0.39, 0.29) is 17.1 Å². The van der Waals surface area contributed by atoms with E-state index < -0.39 is 0 Å². The highest BCUT2D eigenvalue weighted by Gasteiger charge is 2.22. The van der Waals surface area contributed by atoms with Gasteiger partial charge in [-0.1, -0.05) is 43.7 Å². The predicted octanol–water partition coefficient (Wildman–Crippen LogP) is 1.82. The van der Waals surface area contributed by atoms with Crippen molar-refractivity contribution in [1.29, 1.82) is 0 Å². The third-order valence-electron chi connectivity index (χ3n) is 3.12. The van der Waals surface area contributed by atoms with Crippen LogP contribution in [-0.4, -0.2) is 27.6 Å². The van der Waals surface area contributed by atoms with Gasteiger partial charge in [-0.05, 0) is 12.5 Å². The summed E-state index contributed by atoms with van der Waals surface area (Å²) in [6, 6.07) is 8.31. The Morgan fingerprint density at radius 2 is 2.21 bits per heavy atom. The minimum Gasteiger partial charge on any atom is -0.348 e. The molecule has 2 rings (SSSR count). The highest BCUT2D eigenvalue weighted by molar-refractivity contribution is 5.90. The van der Waals surface area contributed by atoms with Crippen molar-refractivity contribution in [2.24, 2.45) is 0 Å². The van der Waals surface area contributed by atoms with Gasteiger partial charge in [-0.25, -0.2) is 4.98 Å². The molecule has 2 N–H and O–H groups in total. The number of hydrogen-bond acceptors (Lipinski definition) is 3. The fourth-order valence-corrected chi connectivity index (χ4v) is 1.87. The fourth-order valence-electron chi connectivity index (χ4n) is 1.87. The lowest BCUT2D eigenvalue weighted by atomic mass is 9.84. The molecule has 5 heteroatoms. The zero-order valence-corrected chi connectivity index (χ0v) is 11.4. The minimum atomic E-state index is -0.238. The molecular formula is C14H18N4O. The summed E-state index contributed by atoms with van der Waals surface area (Å²) in [6.45, 7) is 6.80. The van der Waals surface area contributed by atoms with E-state index in [1.807, 2.05) is 6.07 Å². The van der Waals surface area contributed by atoms with Gasteiger partial charge < -0.3 is 5.32 Å². The molecule has 1 aromatic heterocycles. The predicted molar refractivity (Wildman–Crippen MR) is 72.9 cm³/mol. The first-order chi connectivity index (χ1) is 8.99. The van der Waals surface area contributed by atoms with Gasteiger partial charge >= 0.3 is 0 Å². The second-order valence-electron chi connectivity index (χ2n) is 5.27. The highest BCUT2D eigenvalue weighted by atomic mass is 16.2. The summed E-state index contributed by atoms with van der Waals surface area (Å²) >= 11 is 0. The summed E-state index contributed by atoms with van der Waals surface area (Å²) in [5, 5.41) is 9.08. The fraction of sp³-hybridized carbons (Fsp3) is 0.357. The second-order valence-corrected chi connectivity index (χ2v) is 5.27. The molecule has 0 aliphatic heterocycles. The minimum absolute atomic E-state index is 0.137. The molecular weight excluding hydrogens is 240 g/mol. The lowest BCUT2D eigenvalue weighted by Gasteiger charge is -2.25. The Balaban J connectivity index is 2.03. The Labute approximate surface area is 112 Å². The van der Waals surface area contributed by atoms with E-state index in [1.165, 1.54) is 17.5 Å². The van der Waals surface area contributed by atoms with Crippen molar-refractivity contribution in [1.82, 2.24) is 20.5 Å². The normalized spacial score (nSPS) is 11.3. The largest absolute Gasteiger partial charge is 0.348 e. The third-order valence-corrected chi connectivity index (χ3v) is 3.12. The van der Waals surface area contributed by atoms with Crippen LogP contribution >= 0.6 is 0 Å². The molecule has 1 heterocycles. The van der Waals surface area contributed by atoms with Gasteiger partial charge in [-0.3, -0.25) is 9.89 Å². The van der Waals surface area contributed by atoms with E-state index in [0.717, 1.165) is 0 Å². The van der Waals surface area contributed by atoms with Crippen LogP contribution < -0.4 is 5.32 Å². The van der Waals surface area contributed by atoms with Crippen LogP contribution in [0.25, 0.3) is 0 Å². The number of carbonyl (C=O) groups is 1. The number of aromatic nitrogens is 3. The maximum absolute atomic E-state index is 11.8. The zero-order chi connectivity index (χ0) is 13.9. The van der Waals surface area contributed by atoms with E-state index in [2.05, 4.69) is 59.5 Å². The van der Waals surface area contributed by atoms with Crippen molar-refractivity contribution in [3.63, 3.8) is 0 Å². The van der Waals surface area contributed by atoms with Crippen LogP contribution in [0, 0.1) is 6.92 Å². The topological polar surface area (TPSA) is 70.7 Å². The van der Waals surface area contributed by atoms with Gasteiger partial charge in [0.25, 0.3) is 5.91 Å². The van der Waals surface area contributed by atoms with Crippen LogP contribution in [0.2, 0.25) is 0 Å². The Morgan fingerprint density at radius 1 is 1.42 bits per heavy atom. The first kappa shape index (κ1) is 13.3. The molecule has 100 valence electrons. The molecule has 0 aliphatic carbocycles. The maximum Gasteiger partial charge on any atom is 0.288 e. The Bertz CT molecular complexity index is 561. The Hall–Kier alpha value is -2.17. The lowest BCUT2D eigenvalue weighted by Crippen LogP contribution is -2.37. The first-order valence-corrected chi connectivity index (χ1v) is 6.20. The standard InChI is InChI=1S/C14H18N4O/c1-10-5-4-6-11(7-10)14(2,3)8-15-13(19)12-16-9-17-18-12/h4-7,9H,8H2,1-3H3,(H,15,19)(H,16,17,18). The summed E-state index contributed by atoms with van der Waals surface area (Å²) in [6.07, 6.45) is 1.32. The number of rotatable bonds is 4. The van der Waals surface area contributed by atoms with Crippen LogP contribution in [-0.2, 0) is 5.41 Å². The SMILES string of the molecule is Cc1cccc(C(C)(C)CNC(=O)c2ncn[nH]2)c1. The quantitative estimate of drug-likeness (QED) is 0.878. The monoisotopic (exact) mass is 258 g/mol. The van der Waals surface area contributed by atoms with E-state index in [1.54, 1.807) is 0 Å². The number of amides is 1. The van der Waals surface area contributed by atoms with Gasteiger partial charge in [0, 0.05) is 12.0 Å². The van der Waals surface area contributed by atoms with Gasteiger partial charge in [-0.15, -0.1) is 0 Å². The summed E-state index contributed by atoms with van der Waals surface area (Å²) in [4.78, 5) is 15.6. The van der Waals surface area contributed by atoms with Gasteiger partial charge in [-0.2, -0.15) is 5.10 Å². The maximum atomic E-state index is 11.8. The number of aryl methyl sites for hydroxylation is 1. The van der Waals surface area contributed by atoms with Gasteiger partial charge in [0.1, 0.15) is 6.33 Å².